The van der Waals surface area contributed by atoms with Gasteiger partial charge in [-0.05, 0) is 30.0 Å². The Morgan fingerprint density at radius 1 is 1.45 bits per heavy atom. The molecule has 0 saturated carbocycles. The van der Waals surface area contributed by atoms with Crippen LogP contribution in [0, 0.1) is 12.3 Å². The number of thiazole rings is 1. The number of nitrogens with one attached hydrogen (secondary N) is 1. The molecule has 107 valence electrons. The second-order valence-corrected chi connectivity index (χ2v) is 6.01. The van der Waals surface area contributed by atoms with Gasteiger partial charge in [0.25, 0.3) is 0 Å². The molecule has 1 aromatic heterocycles. The quantitative estimate of drug-likeness (QED) is 0.765. The smallest absolute Gasteiger partial charge is 0.182 e. The highest BCUT2D eigenvalue weighted by atomic mass is 35.5. The lowest BCUT2D eigenvalue weighted by molar-refractivity contribution is 0.333. The Bertz CT molecular complexity index is 529. The molecule has 0 aliphatic carbocycles. The zero-order chi connectivity index (χ0) is 14.4. The summed E-state index contributed by atoms with van der Waals surface area (Å²) in [5, 5.41) is 6.76. The first-order valence-electron chi connectivity index (χ1n) is 6.56. The summed E-state index contributed by atoms with van der Waals surface area (Å²) in [7, 11) is 0. The number of nitrogens with zero attached hydrogens (tertiary/aromatic N) is 1. The lowest BCUT2D eigenvalue weighted by Gasteiger charge is -2.10. The van der Waals surface area contributed by atoms with Crippen LogP contribution in [0.1, 0.15) is 19.4 Å². The van der Waals surface area contributed by atoms with Crippen LogP contribution in [0.3, 0.4) is 0 Å². The standard InChI is InChI=1S/C15H18ClN2OS/c1-11(2)9-12-3-4-13(10-14(12)16)19-7-5-17-15-18-6-8-20-15/h3-4,6,8-11H,5,7H2,1-2H3,(H,17,18). The molecule has 0 aliphatic rings. The predicted octanol–water partition coefficient (Wildman–Crippen LogP) is 4.50. The third-order valence-corrected chi connectivity index (χ3v) is 3.62. The fourth-order valence-corrected chi connectivity index (χ4v) is 2.52. The van der Waals surface area contributed by atoms with Crippen LogP contribution < -0.4 is 10.1 Å². The van der Waals surface area contributed by atoms with Gasteiger partial charge < -0.3 is 10.1 Å². The molecule has 0 saturated heterocycles. The highest BCUT2D eigenvalue weighted by Crippen LogP contribution is 2.25. The molecule has 1 N–H and O–H groups in total. The summed E-state index contributed by atoms with van der Waals surface area (Å²) in [6.07, 6.45) is 3.91. The van der Waals surface area contributed by atoms with Gasteiger partial charge in [-0.15, -0.1) is 11.3 Å². The van der Waals surface area contributed by atoms with E-state index in [0.717, 1.165) is 21.5 Å². The molecule has 20 heavy (non-hydrogen) atoms. The van der Waals surface area contributed by atoms with Crippen LogP contribution in [-0.2, 0) is 0 Å². The van der Waals surface area contributed by atoms with E-state index in [-0.39, 0.29) is 0 Å². The second-order valence-electron chi connectivity index (χ2n) is 4.71. The van der Waals surface area contributed by atoms with Gasteiger partial charge in [-0.25, -0.2) is 4.98 Å². The average molecular weight is 310 g/mol. The van der Waals surface area contributed by atoms with Crippen molar-refractivity contribution in [3.63, 3.8) is 0 Å². The third kappa shape index (κ3) is 4.69. The Kier molecular flexibility index (Phi) is 5.68. The van der Waals surface area contributed by atoms with Crippen LogP contribution in [-0.4, -0.2) is 18.1 Å². The Labute approximate surface area is 129 Å². The molecule has 2 aromatic rings. The zero-order valence-electron chi connectivity index (χ0n) is 11.6. The van der Waals surface area contributed by atoms with Gasteiger partial charge in [0, 0.05) is 16.6 Å². The van der Waals surface area contributed by atoms with Crippen molar-refractivity contribution in [1.29, 1.82) is 0 Å². The molecule has 0 atom stereocenters. The van der Waals surface area contributed by atoms with E-state index in [1.807, 2.05) is 23.6 Å². The lowest BCUT2D eigenvalue weighted by atomic mass is 10.0. The molecule has 3 nitrogen and oxygen atoms in total. The van der Waals surface area contributed by atoms with Crippen LogP contribution in [0.5, 0.6) is 5.75 Å². The van der Waals surface area contributed by atoms with E-state index < -0.39 is 0 Å². The van der Waals surface area contributed by atoms with Crippen LogP contribution in [0.15, 0.2) is 29.8 Å². The van der Waals surface area contributed by atoms with Crippen LogP contribution >= 0.6 is 22.9 Å². The molecule has 0 bridgehead atoms. The Morgan fingerprint density at radius 2 is 2.30 bits per heavy atom. The fourth-order valence-electron chi connectivity index (χ4n) is 1.73. The minimum atomic E-state index is 0.474. The molecule has 0 spiro atoms. The SMILES string of the molecule is CC(C)[CH]c1ccc(OCCNc2nccs2)cc1Cl. The molecule has 0 fully saturated rings. The molecule has 0 unspecified atom stereocenters. The first-order chi connectivity index (χ1) is 9.65. The normalized spacial score (nSPS) is 10.8. The van der Waals surface area contributed by atoms with Gasteiger partial charge in [-0.1, -0.05) is 31.5 Å². The summed E-state index contributed by atoms with van der Waals surface area (Å²) in [4.78, 5) is 4.14. The molecule has 1 radical (unpaired) electrons. The summed E-state index contributed by atoms with van der Waals surface area (Å²) >= 11 is 7.81. The van der Waals surface area contributed by atoms with Crippen molar-refractivity contribution in [2.45, 2.75) is 13.8 Å². The Hall–Kier alpha value is -1.26. The lowest BCUT2D eigenvalue weighted by Crippen LogP contribution is -2.11. The minimum Gasteiger partial charge on any atom is -0.492 e. The van der Waals surface area contributed by atoms with E-state index in [0.29, 0.717) is 19.1 Å². The number of rotatable bonds is 7. The highest BCUT2D eigenvalue weighted by Gasteiger charge is 2.05. The third-order valence-electron chi connectivity index (χ3n) is 2.56. The molecule has 1 heterocycles. The van der Waals surface area contributed by atoms with Crippen molar-refractivity contribution in [3.8, 4) is 5.75 Å². The number of anilines is 1. The van der Waals surface area contributed by atoms with Gasteiger partial charge in [-0.2, -0.15) is 0 Å². The summed E-state index contributed by atoms with van der Waals surface area (Å²) in [6.45, 7) is 5.55. The monoisotopic (exact) mass is 309 g/mol. The zero-order valence-corrected chi connectivity index (χ0v) is 13.2. The summed E-state index contributed by atoms with van der Waals surface area (Å²) in [6, 6.07) is 5.80. The van der Waals surface area contributed by atoms with Gasteiger partial charge in [0.1, 0.15) is 12.4 Å². The number of hydrogen-bond acceptors (Lipinski definition) is 4. The molecule has 0 aliphatic heterocycles. The Balaban J connectivity index is 1.79. The molecule has 1 aromatic carbocycles. The van der Waals surface area contributed by atoms with Crippen molar-refractivity contribution in [2.24, 2.45) is 5.92 Å². The Morgan fingerprint density at radius 3 is 2.95 bits per heavy atom. The maximum Gasteiger partial charge on any atom is 0.182 e. The second kappa shape index (κ2) is 7.50. The van der Waals surface area contributed by atoms with E-state index in [4.69, 9.17) is 16.3 Å². The maximum absolute atomic E-state index is 6.23. The van der Waals surface area contributed by atoms with Gasteiger partial charge in [0.2, 0.25) is 0 Å². The van der Waals surface area contributed by atoms with E-state index in [2.05, 4.69) is 30.6 Å². The molecule has 0 amide bonds. The van der Waals surface area contributed by atoms with Gasteiger partial charge in [-0.3, -0.25) is 0 Å². The number of ether oxygens (including phenoxy) is 1. The summed E-state index contributed by atoms with van der Waals surface area (Å²) in [5.74, 6) is 1.26. The van der Waals surface area contributed by atoms with E-state index in [9.17, 15) is 0 Å². The molecule has 2 rings (SSSR count). The van der Waals surface area contributed by atoms with Gasteiger partial charge in [0.15, 0.2) is 5.13 Å². The van der Waals surface area contributed by atoms with Crippen molar-refractivity contribution >= 4 is 28.1 Å². The molecule has 5 heteroatoms. The maximum atomic E-state index is 6.23. The first-order valence-corrected chi connectivity index (χ1v) is 7.81. The molecular weight excluding hydrogens is 292 g/mol. The number of hydrogen-bond donors (Lipinski definition) is 1. The average Bonchev–Trinajstić information content (AvgIpc) is 2.90. The highest BCUT2D eigenvalue weighted by molar-refractivity contribution is 7.13. The van der Waals surface area contributed by atoms with E-state index in [1.54, 1.807) is 17.5 Å². The van der Waals surface area contributed by atoms with Crippen molar-refractivity contribution in [2.75, 3.05) is 18.5 Å². The van der Waals surface area contributed by atoms with Crippen molar-refractivity contribution in [3.05, 3.63) is 46.8 Å². The number of benzene rings is 1. The van der Waals surface area contributed by atoms with E-state index in [1.165, 1.54) is 0 Å². The van der Waals surface area contributed by atoms with Crippen LogP contribution in [0.4, 0.5) is 5.13 Å². The molecular formula is C15H18ClN2OS. The largest absolute Gasteiger partial charge is 0.492 e. The van der Waals surface area contributed by atoms with Crippen LogP contribution in [0.25, 0.3) is 0 Å². The topological polar surface area (TPSA) is 34.1 Å². The first kappa shape index (κ1) is 15.1. The van der Waals surface area contributed by atoms with Crippen molar-refractivity contribution in [1.82, 2.24) is 4.98 Å². The van der Waals surface area contributed by atoms with Gasteiger partial charge in [0.05, 0.1) is 6.54 Å². The number of aromatic nitrogens is 1. The number of halogens is 1. The fraction of sp³-hybridized carbons (Fsp3) is 0.333. The van der Waals surface area contributed by atoms with E-state index >= 15 is 0 Å². The predicted molar refractivity (Wildman–Crippen MR) is 85.8 cm³/mol. The summed E-state index contributed by atoms with van der Waals surface area (Å²) in [5.41, 5.74) is 1.05. The summed E-state index contributed by atoms with van der Waals surface area (Å²) < 4.78 is 5.66. The minimum absolute atomic E-state index is 0.474. The van der Waals surface area contributed by atoms with Gasteiger partial charge >= 0.3 is 0 Å². The van der Waals surface area contributed by atoms with Crippen molar-refractivity contribution < 1.29 is 4.74 Å². The van der Waals surface area contributed by atoms with Crippen LogP contribution in [0.2, 0.25) is 5.02 Å².